The zero-order valence-corrected chi connectivity index (χ0v) is 17.7. The molecule has 136 valence electrons. The first-order valence-electron chi connectivity index (χ1n) is 7.15. The lowest BCUT2D eigenvalue weighted by Crippen LogP contribution is -2.29. The van der Waals surface area contributed by atoms with Gasteiger partial charge in [0.05, 0.1) is 19.1 Å². The van der Waals surface area contributed by atoms with Crippen molar-refractivity contribution >= 4 is 53.3 Å². The van der Waals surface area contributed by atoms with Crippen molar-refractivity contribution in [3.8, 4) is 0 Å². The molecule has 0 saturated heterocycles. The van der Waals surface area contributed by atoms with Crippen LogP contribution >= 0.6 is 30.4 Å². The van der Waals surface area contributed by atoms with Gasteiger partial charge in [0.1, 0.15) is 5.04 Å². The molecule has 0 aliphatic heterocycles. The maximum atomic E-state index is 11.6. The highest BCUT2D eigenvalue weighted by Gasteiger charge is 2.31. The van der Waals surface area contributed by atoms with Crippen molar-refractivity contribution in [2.45, 2.75) is 40.7 Å². The van der Waals surface area contributed by atoms with E-state index >= 15 is 0 Å². The van der Waals surface area contributed by atoms with Crippen LogP contribution < -0.4 is 5.32 Å². The SMILES string of the molecule is CCOP(=S)(OCC)N(SCNC(=O)O/N=C(\C)SC)C(C)C. The van der Waals surface area contributed by atoms with E-state index < -0.39 is 12.7 Å². The van der Waals surface area contributed by atoms with E-state index in [2.05, 4.69) is 10.5 Å². The molecule has 0 fully saturated rings. The van der Waals surface area contributed by atoms with Gasteiger partial charge in [0, 0.05) is 6.04 Å². The maximum Gasteiger partial charge on any atom is 0.434 e. The Bertz CT molecular complexity index is 428. The van der Waals surface area contributed by atoms with Crippen LogP contribution in [0.15, 0.2) is 5.16 Å². The summed E-state index contributed by atoms with van der Waals surface area (Å²) in [5.74, 6) is 0.281. The normalized spacial score (nSPS) is 12.8. The number of amides is 1. The molecule has 0 saturated carbocycles. The molecule has 0 aromatic rings. The molecule has 0 aromatic heterocycles. The zero-order chi connectivity index (χ0) is 17.9. The number of oxime groups is 1. The topological polar surface area (TPSA) is 72.4 Å². The van der Waals surface area contributed by atoms with Gasteiger partial charge in [0.2, 0.25) is 0 Å². The number of hydrogen-bond donors (Lipinski definition) is 1. The Morgan fingerprint density at radius 3 is 2.35 bits per heavy atom. The minimum absolute atomic E-state index is 0.0958. The standard InChI is InChI=1S/C12H26N3O4PS3/c1-7-17-20(21,18-8-2)15(10(3)4)23-9-13-12(16)19-14-11(5)22-6/h10H,7-9H2,1-6H3,(H,13,16)/b14-11+. The van der Waals surface area contributed by atoms with Crippen molar-refractivity contribution in [3.63, 3.8) is 0 Å². The van der Waals surface area contributed by atoms with Gasteiger partial charge in [-0.15, -0.1) is 11.8 Å². The fourth-order valence-corrected chi connectivity index (χ4v) is 6.20. The van der Waals surface area contributed by atoms with Crippen LogP contribution in [-0.2, 0) is 25.7 Å². The molecule has 0 radical (unpaired) electrons. The Hall–Kier alpha value is 0.170. The number of nitrogens with one attached hydrogen (secondary N) is 1. The first kappa shape index (κ1) is 23.2. The van der Waals surface area contributed by atoms with Crippen LogP contribution in [0.3, 0.4) is 0 Å². The van der Waals surface area contributed by atoms with Gasteiger partial charge in [-0.2, -0.15) is 4.08 Å². The Morgan fingerprint density at radius 1 is 1.35 bits per heavy atom. The summed E-state index contributed by atoms with van der Waals surface area (Å²) in [7, 11) is 0. The van der Waals surface area contributed by atoms with Gasteiger partial charge >= 0.3 is 6.09 Å². The molecule has 0 aliphatic carbocycles. The van der Waals surface area contributed by atoms with Crippen molar-refractivity contribution < 1.29 is 18.7 Å². The average molecular weight is 404 g/mol. The predicted molar refractivity (Wildman–Crippen MR) is 103 cm³/mol. The molecule has 0 unspecified atom stereocenters. The largest absolute Gasteiger partial charge is 0.434 e. The van der Waals surface area contributed by atoms with Crippen LogP contribution in [0.1, 0.15) is 34.6 Å². The number of thioether (sulfide) groups is 1. The van der Waals surface area contributed by atoms with E-state index in [1.807, 2.05) is 38.0 Å². The zero-order valence-electron chi connectivity index (χ0n) is 14.4. The van der Waals surface area contributed by atoms with E-state index in [0.29, 0.717) is 18.3 Å². The second kappa shape index (κ2) is 12.5. The average Bonchev–Trinajstić information content (AvgIpc) is 2.48. The third kappa shape index (κ3) is 9.28. The van der Waals surface area contributed by atoms with Gasteiger partial charge in [-0.25, -0.2) is 4.79 Å². The second-order valence-corrected chi connectivity index (χ2v) is 9.82. The van der Waals surface area contributed by atoms with Crippen LogP contribution in [-0.4, -0.2) is 46.6 Å². The molecule has 23 heavy (non-hydrogen) atoms. The summed E-state index contributed by atoms with van der Waals surface area (Å²) in [4.78, 5) is 16.3. The summed E-state index contributed by atoms with van der Waals surface area (Å²) in [6.45, 7) is 7.88. The number of hydrogen-bond acceptors (Lipinski definition) is 8. The quantitative estimate of drug-likeness (QED) is 0.112. The van der Waals surface area contributed by atoms with Crippen molar-refractivity contribution in [3.05, 3.63) is 0 Å². The Balaban J connectivity index is 4.60. The number of carbonyl (C=O) groups excluding carboxylic acids is 1. The molecule has 1 amide bonds. The lowest BCUT2D eigenvalue weighted by Gasteiger charge is -2.34. The predicted octanol–water partition coefficient (Wildman–Crippen LogP) is 4.02. The summed E-state index contributed by atoms with van der Waals surface area (Å²) in [5, 5.41) is 6.94. The smallest absolute Gasteiger partial charge is 0.318 e. The Morgan fingerprint density at radius 2 is 1.91 bits per heavy atom. The minimum atomic E-state index is -2.57. The molecule has 0 atom stereocenters. The lowest BCUT2D eigenvalue weighted by molar-refractivity contribution is 0.153. The number of rotatable bonds is 10. The molecule has 7 nitrogen and oxygen atoms in total. The number of nitrogens with zero attached hydrogens (tertiary/aromatic N) is 2. The van der Waals surface area contributed by atoms with Gasteiger partial charge in [0.15, 0.2) is 0 Å². The van der Waals surface area contributed by atoms with Crippen molar-refractivity contribution in [2.75, 3.05) is 25.3 Å². The molecule has 0 spiro atoms. The van der Waals surface area contributed by atoms with E-state index in [1.54, 1.807) is 6.92 Å². The lowest BCUT2D eigenvalue weighted by atomic mass is 10.4. The van der Waals surface area contributed by atoms with Crippen LogP contribution in [0.25, 0.3) is 0 Å². The highest BCUT2D eigenvalue weighted by molar-refractivity contribution is 8.15. The van der Waals surface area contributed by atoms with E-state index in [9.17, 15) is 4.79 Å². The summed E-state index contributed by atoms with van der Waals surface area (Å²) in [5.41, 5.74) is 0. The maximum absolute atomic E-state index is 11.6. The molecular weight excluding hydrogens is 377 g/mol. The monoisotopic (exact) mass is 403 g/mol. The van der Waals surface area contributed by atoms with Crippen molar-refractivity contribution in [1.29, 1.82) is 0 Å². The molecule has 0 aromatic carbocycles. The van der Waals surface area contributed by atoms with E-state index in [1.165, 1.54) is 23.7 Å². The Kier molecular flexibility index (Phi) is 12.6. The Labute approximate surface area is 152 Å². The van der Waals surface area contributed by atoms with Crippen LogP contribution in [0, 0.1) is 0 Å². The fourth-order valence-electron chi connectivity index (χ4n) is 1.31. The van der Waals surface area contributed by atoms with Gasteiger partial charge in [0.25, 0.3) is 6.64 Å². The summed E-state index contributed by atoms with van der Waals surface area (Å²) < 4.78 is 13.3. The molecule has 0 bridgehead atoms. The van der Waals surface area contributed by atoms with Gasteiger partial charge in [-0.1, -0.05) is 5.16 Å². The van der Waals surface area contributed by atoms with Gasteiger partial charge in [-0.05, 0) is 64.6 Å². The van der Waals surface area contributed by atoms with Crippen molar-refractivity contribution in [2.24, 2.45) is 5.16 Å². The van der Waals surface area contributed by atoms with Crippen LogP contribution in [0.4, 0.5) is 4.79 Å². The third-order valence-corrected chi connectivity index (χ3v) is 8.43. The highest BCUT2D eigenvalue weighted by atomic mass is 32.5. The summed E-state index contributed by atoms with van der Waals surface area (Å²) >= 11 is 8.33. The third-order valence-electron chi connectivity index (χ3n) is 2.23. The number of carbonyl (C=O) groups is 1. The van der Waals surface area contributed by atoms with Crippen molar-refractivity contribution in [1.82, 2.24) is 9.39 Å². The van der Waals surface area contributed by atoms with Crippen LogP contribution in [0.5, 0.6) is 0 Å². The van der Waals surface area contributed by atoms with Gasteiger partial charge in [-0.3, -0.25) is 4.84 Å². The highest BCUT2D eigenvalue weighted by Crippen LogP contribution is 2.56. The molecule has 0 rings (SSSR count). The van der Waals surface area contributed by atoms with E-state index in [-0.39, 0.29) is 11.9 Å². The molecular formula is C12H26N3O4PS3. The summed E-state index contributed by atoms with van der Waals surface area (Å²) in [6.07, 6.45) is 1.24. The molecule has 0 heterocycles. The molecule has 1 N–H and O–H groups in total. The molecule has 11 heteroatoms. The first-order valence-corrected chi connectivity index (χ1v) is 11.9. The minimum Gasteiger partial charge on any atom is -0.318 e. The molecule has 0 aliphatic rings. The fraction of sp³-hybridized carbons (Fsp3) is 0.833. The first-order chi connectivity index (χ1) is 10.8. The van der Waals surface area contributed by atoms with E-state index in [0.717, 1.165) is 0 Å². The van der Waals surface area contributed by atoms with Gasteiger partial charge < -0.3 is 14.4 Å². The second-order valence-electron chi connectivity index (χ2n) is 4.34. The van der Waals surface area contributed by atoms with E-state index in [4.69, 9.17) is 25.7 Å². The van der Waals surface area contributed by atoms with Crippen LogP contribution in [0.2, 0.25) is 0 Å². The summed E-state index contributed by atoms with van der Waals surface area (Å²) in [6, 6.07) is 0.0958.